The number of hydrogen-bond acceptors (Lipinski definition) is 1. The SMILES string of the molecule is N[C@H](c1cccc(C(F)(F)F)c1Cl)C(F)(F)F. The van der Waals surface area contributed by atoms with E-state index in [0.717, 1.165) is 12.1 Å². The molecule has 0 aliphatic rings. The molecular weight excluding hydrogens is 272 g/mol. The van der Waals surface area contributed by atoms with Gasteiger partial charge in [-0.1, -0.05) is 23.7 Å². The van der Waals surface area contributed by atoms with Gasteiger partial charge in [0.2, 0.25) is 0 Å². The Balaban J connectivity index is 3.30. The van der Waals surface area contributed by atoms with Crippen LogP contribution in [0.2, 0.25) is 5.02 Å². The molecule has 0 aromatic heterocycles. The molecule has 1 nitrogen and oxygen atoms in total. The minimum atomic E-state index is -4.85. The van der Waals surface area contributed by atoms with Crippen molar-refractivity contribution in [2.75, 3.05) is 0 Å². The van der Waals surface area contributed by atoms with Gasteiger partial charge in [0, 0.05) is 0 Å². The van der Waals surface area contributed by atoms with Crippen molar-refractivity contribution in [3.63, 3.8) is 0 Å². The van der Waals surface area contributed by atoms with Gasteiger partial charge in [0.05, 0.1) is 10.6 Å². The summed E-state index contributed by atoms with van der Waals surface area (Å²) in [6.45, 7) is 0. The Labute approximate surface area is 97.2 Å². The maximum absolute atomic E-state index is 12.4. The highest BCUT2D eigenvalue weighted by Gasteiger charge is 2.41. The number of hydrogen-bond donors (Lipinski definition) is 1. The van der Waals surface area contributed by atoms with E-state index in [1.807, 2.05) is 0 Å². The number of alkyl halides is 6. The lowest BCUT2D eigenvalue weighted by molar-refractivity contribution is -0.150. The lowest BCUT2D eigenvalue weighted by Crippen LogP contribution is -2.29. The molecule has 96 valence electrons. The Bertz CT molecular complexity index is 411. The normalized spacial score (nSPS) is 14.8. The van der Waals surface area contributed by atoms with Crippen molar-refractivity contribution in [2.45, 2.75) is 18.4 Å². The van der Waals surface area contributed by atoms with Crippen molar-refractivity contribution in [1.29, 1.82) is 0 Å². The Morgan fingerprint density at radius 3 is 2.00 bits per heavy atom. The van der Waals surface area contributed by atoms with Crippen molar-refractivity contribution >= 4 is 11.6 Å². The van der Waals surface area contributed by atoms with E-state index < -0.39 is 34.5 Å². The summed E-state index contributed by atoms with van der Waals surface area (Å²) in [6.07, 6.45) is -9.67. The monoisotopic (exact) mass is 277 g/mol. The van der Waals surface area contributed by atoms with Gasteiger partial charge in [-0.15, -0.1) is 0 Å². The van der Waals surface area contributed by atoms with E-state index in [-0.39, 0.29) is 0 Å². The van der Waals surface area contributed by atoms with Gasteiger partial charge >= 0.3 is 12.4 Å². The summed E-state index contributed by atoms with van der Waals surface area (Å²) in [5, 5.41) is -1.02. The molecule has 17 heavy (non-hydrogen) atoms. The fraction of sp³-hybridized carbons (Fsp3) is 0.333. The standard InChI is InChI=1S/C9H6ClF6N/c10-6-4(7(17)9(14,15)16)2-1-3-5(6)8(11,12)13/h1-3,7H,17H2/t7-/m1/s1. The van der Waals surface area contributed by atoms with Gasteiger partial charge in [0.15, 0.2) is 0 Å². The molecule has 0 bridgehead atoms. The van der Waals surface area contributed by atoms with Crippen LogP contribution in [-0.2, 0) is 6.18 Å². The Kier molecular flexibility index (Phi) is 3.63. The first-order chi connectivity index (χ1) is 7.55. The molecule has 2 N–H and O–H groups in total. The van der Waals surface area contributed by atoms with E-state index in [9.17, 15) is 26.3 Å². The predicted molar refractivity (Wildman–Crippen MR) is 49.4 cm³/mol. The number of nitrogens with two attached hydrogens (primary N) is 1. The van der Waals surface area contributed by atoms with Crippen LogP contribution >= 0.6 is 11.6 Å². The third-order valence-electron chi connectivity index (χ3n) is 2.02. The predicted octanol–water partition coefficient (Wildman–Crippen LogP) is 3.92. The molecule has 0 amide bonds. The average Bonchev–Trinajstić information content (AvgIpc) is 2.13. The molecule has 0 aliphatic carbocycles. The van der Waals surface area contributed by atoms with Crippen LogP contribution < -0.4 is 5.73 Å². The Morgan fingerprint density at radius 2 is 1.59 bits per heavy atom. The molecule has 8 heteroatoms. The third kappa shape index (κ3) is 3.04. The lowest BCUT2D eigenvalue weighted by Gasteiger charge is -2.19. The van der Waals surface area contributed by atoms with Crippen molar-refractivity contribution in [3.05, 3.63) is 34.3 Å². The molecule has 0 spiro atoms. The number of halogens is 7. The summed E-state index contributed by atoms with van der Waals surface area (Å²) in [5.74, 6) is 0. The number of rotatable bonds is 1. The van der Waals surface area contributed by atoms with Gasteiger partial charge < -0.3 is 5.73 Å². The maximum Gasteiger partial charge on any atom is 0.417 e. The Morgan fingerprint density at radius 1 is 1.06 bits per heavy atom. The molecule has 0 fully saturated rings. The summed E-state index contributed by atoms with van der Waals surface area (Å²) in [5.41, 5.74) is 2.67. The summed E-state index contributed by atoms with van der Waals surface area (Å²) in [4.78, 5) is 0. The molecule has 0 aliphatic heterocycles. The summed E-state index contributed by atoms with van der Waals surface area (Å²) in [7, 11) is 0. The second kappa shape index (κ2) is 4.38. The molecule has 0 radical (unpaired) electrons. The van der Waals surface area contributed by atoms with Gasteiger partial charge in [0.25, 0.3) is 0 Å². The van der Waals surface area contributed by atoms with Crippen LogP contribution in [0.5, 0.6) is 0 Å². The minimum absolute atomic E-state index is 0.592. The second-order valence-corrected chi connectivity index (χ2v) is 3.60. The van der Waals surface area contributed by atoms with Crippen molar-refractivity contribution in [3.8, 4) is 0 Å². The second-order valence-electron chi connectivity index (χ2n) is 3.23. The molecule has 0 saturated carbocycles. The average molecular weight is 278 g/mol. The van der Waals surface area contributed by atoms with Crippen LogP contribution in [0.15, 0.2) is 18.2 Å². The first-order valence-electron chi connectivity index (χ1n) is 4.23. The molecule has 1 atom stereocenters. The van der Waals surface area contributed by atoms with E-state index >= 15 is 0 Å². The fourth-order valence-corrected chi connectivity index (χ4v) is 1.54. The van der Waals surface area contributed by atoms with Crippen molar-refractivity contribution < 1.29 is 26.3 Å². The highest BCUT2D eigenvalue weighted by Crippen LogP contribution is 2.40. The van der Waals surface area contributed by atoms with E-state index in [1.54, 1.807) is 0 Å². The molecule has 0 saturated heterocycles. The van der Waals surface area contributed by atoms with Gasteiger partial charge in [0.1, 0.15) is 6.04 Å². The lowest BCUT2D eigenvalue weighted by atomic mass is 10.0. The largest absolute Gasteiger partial charge is 0.417 e. The minimum Gasteiger partial charge on any atom is -0.316 e. The summed E-state index contributed by atoms with van der Waals surface area (Å²) >= 11 is 5.29. The molecule has 1 aromatic carbocycles. The van der Waals surface area contributed by atoms with Crippen molar-refractivity contribution in [2.24, 2.45) is 5.73 Å². The van der Waals surface area contributed by atoms with Crippen molar-refractivity contribution in [1.82, 2.24) is 0 Å². The van der Waals surface area contributed by atoms with Gasteiger partial charge in [-0.3, -0.25) is 0 Å². The van der Waals surface area contributed by atoms with Crippen LogP contribution in [-0.4, -0.2) is 6.18 Å². The smallest absolute Gasteiger partial charge is 0.316 e. The quantitative estimate of drug-likeness (QED) is 0.774. The van der Waals surface area contributed by atoms with Crippen LogP contribution in [0.3, 0.4) is 0 Å². The zero-order valence-corrected chi connectivity index (χ0v) is 8.79. The zero-order valence-electron chi connectivity index (χ0n) is 8.03. The van der Waals surface area contributed by atoms with E-state index in [1.165, 1.54) is 0 Å². The Hall–Kier alpha value is -0.950. The van der Waals surface area contributed by atoms with E-state index in [4.69, 9.17) is 17.3 Å². The summed E-state index contributed by atoms with van der Waals surface area (Å²) in [6, 6.07) is -0.308. The van der Waals surface area contributed by atoms with E-state index in [2.05, 4.69) is 0 Å². The number of benzene rings is 1. The summed E-state index contributed by atoms with van der Waals surface area (Å²) < 4.78 is 74.0. The highest BCUT2D eigenvalue weighted by atomic mass is 35.5. The molecule has 1 rings (SSSR count). The first kappa shape index (κ1) is 14.1. The molecule has 0 unspecified atom stereocenters. The molecule has 0 heterocycles. The molecular formula is C9H6ClF6N. The topological polar surface area (TPSA) is 26.0 Å². The van der Waals surface area contributed by atoms with Gasteiger partial charge in [-0.2, -0.15) is 26.3 Å². The van der Waals surface area contributed by atoms with Crippen LogP contribution in [0.25, 0.3) is 0 Å². The van der Waals surface area contributed by atoms with Gasteiger partial charge in [-0.05, 0) is 11.6 Å². The van der Waals surface area contributed by atoms with Crippen LogP contribution in [0.1, 0.15) is 17.2 Å². The molecule has 1 aromatic rings. The van der Waals surface area contributed by atoms with Crippen LogP contribution in [0, 0.1) is 0 Å². The highest BCUT2D eigenvalue weighted by molar-refractivity contribution is 6.32. The third-order valence-corrected chi connectivity index (χ3v) is 2.44. The zero-order chi connectivity index (χ0) is 13.4. The fourth-order valence-electron chi connectivity index (χ4n) is 1.19. The van der Waals surface area contributed by atoms with Crippen LogP contribution in [0.4, 0.5) is 26.3 Å². The van der Waals surface area contributed by atoms with Gasteiger partial charge in [-0.25, -0.2) is 0 Å². The van der Waals surface area contributed by atoms with E-state index in [0.29, 0.717) is 6.07 Å². The first-order valence-corrected chi connectivity index (χ1v) is 4.61. The maximum atomic E-state index is 12.4.